The van der Waals surface area contributed by atoms with Crippen LogP contribution in [-0.2, 0) is 11.3 Å². The number of aryl methyl sites for hydroxylation is 2. The summed E-state index contributed by atoms with van der Waals surface area (Å²) >= 11 is 0. The van der Waals surface area contributed by atoms with Crippen LogP contribution in [0.5, 0.6) is 0 Å². The number of aromatic nitrogens is 1. The van der Waals surface area contributed by atoms with Gasteiger partial charge in [-0.25, -0.2) is 4.98 Å². The number of amides is 1. The van der Waals surface area contributed by atoms with Crippen LogP contribution in [-0.4, -0.2) is 34.9 Å². The summed E-state index contributed by atoms with van der Waals surface area (Å²) in [5.41, 5.74) is 3.06. The summed E-state index contributed by atoms with van der Waals surface area (Å²) in [5.74, 6) is 1.54. The minimum Gasteiger partial charge on any atom is -0.441 e. The quantitative estimate of drug-likeness (QED) is 0.944. The largest absolute Gasteiger partial charge is 0.441 e. The van der Waals surface area contributed by atoms with E-state index in [-0.39, 0.29) is 11.9 Å². The first kappa shape index (κ1) is 14.8. The molecule has 22 heavy (non-hydrogen) atoms. The first-order valence-corrected chi connectivity index (χ1v) is 7.60. The Morgan fingerprint density at radius 1 is 1.36 bits per heavy atom. The fourth-order valence-electron chi connectivity index (χ4n) is 2.74. The standard InChI is InChI=1S/C17H21N3O2/c1-11-6-4-5-7-14(11)17-19-15(13(3)22-17)10-20-9-8-18-16(21)12(20)2/h4-7,12H,8-10H2,1-3H3,(H,18,21)/t12-/m0/s1. The average Bonchev–Trinajstić information content (AvgIpc) is 2.85. The van der Waals surface area contributed by atoms with E-state index in [1.807, 2.05) is 45.0 Å². The fourth-order valence-corrected chi connectivity index (χ4v) is 2.74. The van der Waals surface area contributed by atoms with E-state index in [4.69, 9.17) is 4.42 Å². The molecule has 5 heteroatoms. The second-order valence-corrected chi connectivity index (χ2v) is 5.77. The molecule has 1 aliphatic rings. The van der Waals surface area contributed by atoms with Crippen molar-refractivity contribution in [2.24, 2.45) is 0 Å². The molecule has 5 nitrogen and oxygen atoms in total. The molecule has 1 atom stereocenters. The average molecular weight is 299 g/mol. The summed E-state index contributed by atoms with van der Waals surface area (Å²) in [7, 11) is 0. The van der Waals surface area contributed by atoms with Crippen molar-refractivity contribution in [1.29, 1.82) is 0 Å². The van der Waals surface area contributed by atoms with Gasteiger partial charge in [-0.15, -0.1) is 0 Å². The van der Waals surface area contributed by atoms with E-state index < -0.39 is 0 Å². The Morgan fingerprint density at radius 2 is 2.14 bits per heavy atom. The Balaban J connectivity index is 1.84. The highest BCUT2D eigenvalue weighted by Crippen LogP contribution is 2.25. The third-order valence-corrected chi connectivity index (χ3v) is 4.25. The van der Waals surface area contributed by atoms with Crippen LogP contribution in [0.4, 0.5) is 0 Å². The number of nitrogens with one attached hydrogen (secondary N) is 1. The minimum absolute atomic E-state index is 0.0755. The zero-order valence-corrected chi connectivity index (χ0v) is 13.2. The van der Waals surface area contributed by atoms with Gasteiger partial charge >= 0.3 is 0 Å². The zero-order chi connectivity index (χ0) is 15.7. The molecule has 0 spiro atoms. The number of hydrogen-bond acceptors (Lipinski definition) is 4. The van der Waals surface area contributed by atoms with Gasteiger partial charge in [0.05, 0.1) is 11.7 Å². The number of nitrogens with zero attached hydrogens (tertiary/aromatic N) is 2. The molecule has 0 unspecified atom stereocenters. The zero-order valence-electron chi connectivity index (χ0n) is 13.2. The summed E-state index contributed by atoms with van der Waals surface area (Å²) in [4.78, 5) is 18.5. The summed E-state index contributed by atoms with van der Waals surface area (Å²) < 4.78 is 5.85. The fraction of sp³-hybridized carbons (Fsp3) is 0.412. The molecule has 1 amide bonds. The van der Waals surface area contributed by atoms with Crippen molar-refractivity contribution in [3.05, 3.63) is 41.3 Å². The molecule has 1 aromatic heterocycles. The Labute approximate surface area is 130 Å². The highest BCUT2D eigenvalue weighted by molar-refractivity contribution is 5.81. The summed E-state index contributed by atoms with van der Waals surface area (Å²) in [5, 5.41) is 2.88. The number of benzene rings is 1. The van der Waals surface area contributed by atoms with E-state index in [1.165, 1.54) is 0 Å². The molecule has 2 aromatic rings. The number of oxazole rings is 1. The third-order valence-electron chi connectivity index (χ3n) is 4.25. The van der Waals surface area contributed by atoms with Crippen LogP contribution in [0, 0.1) is 13.8 Å². The lowest BCUT2D eigenvalue weighted by atomic mass is 10.1. The van der Waals surface area contributed by atoms with Gasteiger partial charge in [0, 0.05) is 25.2 Å². The SMILES string of the molecule is Cc1ccccc1-c1nc(CN2CCNC(=O)[C@@H]2C)c(C)o1. The monoisotopic (exact) mass is 299 g/mol. The smallest absolute Gasteiger partial charge is 0.237 e. The van der Waals surface area contributed by atoms with Crippen molar-refractivity contribution >= 4 is 5.91 Å². The maximum Gasteiger partial charge on any atom is 0.237 e. The van der Waals surface area contributed by atoms with Crippen LogP contribution >= 0.6 is 0 Å². The lowest BCUT2D eigenvalue weighted by molar-refractivity contribution is -0.128. The Bertz CT molecular complexity index is 693. The van der Waals surface area contributed by atoms with Gasteiger partial charge in [-0.2, -0.15) is 0 Å². The van der Waals surface area contributed by atoms with Crippen molar-refractivity contribution < 1.29 is 9.21 Å². The summed E-state index contributed by atoms with van der Waals surface area (Å²) in [6, 6.07) is 7.92. The van der Waals surface area contributed by atoms with Crippen LogP contribution in [0.1, 0.15) is 23.9 Å². The van der Waals surface area contributed by atoms with E-state index in [0.717, 1.165) is 29.1 Å². The predicted octanol–water partition coefficient (Wildman–Crippen LogP) is 2.28. The van der Waals surface area contributed by atoms with E-state index in [0.29, 0.717) is 19.0 Å². The number of hydrogen-bond donors (Lipinski definition) is 1. The van der Waals surface area contributed by atoms with Gasteiger partial charge in [-0.3, -0.25) is 9.69 Å². The normalized spacial score (nSPS) is 19.2. The minimum atomic E-state index is -0.133. The maximum absolute atomic E-state index is 11.8. The van der Waals surface area contributed by atoms with Crippen molar-refractivity contribution in [3.63, 3.8) is 0 Å². The van der Waals surface area contributed by atoms with Crippen molar-refractivity contribution in [3.8, 4) is 11.5 Å². The predicted molar refractivity (Wildman–Crippen MR) is 84.3 cm³/mol. The first-order chi connectivity index (χ1) is 10.6. The molecular formula is C17H21N3O2. The number of piperazine rings is 1. The van der Waals surface area contributed by atoms with Crippen LogP contribution in [0.15, 0.2) is 28.7 Å². The number of rotatable bonds is 3. The van der Waals surface area contributed by atoms with E-state index in [2.05, 4.69) is 15.2 Å². The van der Waals surface area contributed by atoms with Crippen molar-refractivity contribution in [2.75, 3.05) is 13.1 Å². The van der Waals surface area contributed by atoms with Gasteiger partial charge in [0.1, 0.15) is 5.76 Å². The second kappa shape index (κ2) is 5.93. The molecule has 1 saturated heterocycles. The summed E-state index contributed by atoms with van der Waals surface area (Å²) in [6.07, 6.45) is 0. The van der Waals surface area contributed by atoms with E-state index in [9.17, 15) is 4.79 Å². The highest BCUT2D eigenvalue weighted by Gasteiger charge is 2.27. The molecule has 116 valence electrons. The molecular weight excluding hydrogens is 278 g/mol. The Morgan fingerprint density at radius 3 is 2.91 bits per heavy atom. The second-order valence-electron chi connectivity index (χ2n) is 5.77. The van der Waals surface area contributed by atoms with Crippen LogP contribution in [0.3, 0.4) is 0 Å². The van der Waals surface area contributed by atoms with E-state index in [1.54, 1.807) is 0 Å². The van der Waals surface area contributed by atoms with Gasteiger partial charge in [0.25, 0.3) is 0 Å². The Kier molecular flexibility index (Phi) is 3.98. The molecule has 0 aliphatic carbocycles. The van der Waals surface area contributed by atoms with E-state index >= 15 is 0 Å². The van der Waals surface area contributed by atoms with Gasteiger partial charge < -0.3 is 9.73 Å². The molecule has 0 saturated carbocycles. The molecule has 0 radical (unpaired) electrons. The van der Waals surface area contributed by atoms with Crippen molar-refractivity contribution in [1.82, 2.24) is 15.2 Å². The van der Waals surface area contributed by atoms with Crippen LogP contribution in [0.2, 0.25) is 0 Å². The van der Waals surface area contributed by atoms with Gasteiger partial charge in [0.2, 0.25) is 11.8 Å². The highest BCUT2D eigenvalue weighted by atomic mass is 16.4. The molecule has 1 N–H and O–H groups in total. The topological polar surface area (TPSA) is 58.4 Å². The van der Waals surface area contributed by atoms with Gasteiger partial charge in [0.15, 0.2) is 0 Å². The van der Waals surface area contributed by atoms with Gasteiger partial charge in [-0.1, -0.05) is 18.2 Å². The molecule has 1 aromatic carbocycles. The molecule has 2 heterocycles. The lowest BCUT2D eigenvalue weighted by Crippen LogP contribution is -2.53. The molecule has 3 rings (SSSR count). The molecule has 0 bridgehead atoms. The molecule has 1 aliphatic heterocycles. The Hall–Kier alpha value is -2.14. The lowest BCUT2D eigenvalue weighted by Gasteiger charge is -2.32. The third kappa shape index (κ3) is 2.76. The summed E-state index contributed by atoms with van der Waals surface area (Å²) in [6.45, 7) is 8.05. The first-order valence-electron chi connectivity index (χ1n) is 7.60. The maximum atomic E-state index is 11.8. The van der Waals surface area contributed by atoms with Crippen LogP contribution < -0.4 is 5.32 Å². The van der Waals surface area contributed by atoms with Crippen LogP contribution in [0.25, 0.3) is 11.5 Å². The van der Waals surface area contributed by atoms with Gasteiger partial charge in [-0.05, 0) is 32.4 Å². The molecule has 1 fully saturated rings. The number of carbonyl (C=O) groups is 1. The van der Waals surface area contributed by atoms with Crippen molar-refractivity contribution in [2.45, 2.75) is 33.4 Å². The number of carbonyl (C=O) groups excluding carboxylic acids is 1.